The normalized spacial score (nSPS) is 18.6. The first-order chi connectivity index (χ1) is 19.8. The van der Waals surface area contributed by atoms with E-state index in [1.807, 2.05) is 49.2 Å². The first-order valence-electron chi connectivity index (χ1n) is 14.3. The van der Waals surface area contributed by atoms with Crippen LogP contribution in [0.1, 0.15) is 49.7 Å². The van der Waals surface area contributed by atoms with E-state index in [4.69, 9.17) is 5.10 Å². The molecule has 3 N–H and O–H groups in total. The van der Waals surface area contributed by atoms with Crippen molar-refractivity contribution < 1.29 is 0 Å². The Morgan fingerprint density at radius 2 is 1.90 bits per heavy atom. The molecule has 0 unspecified atom stereocenters. The molecule has 0 bridgehead atoms. The van der Waals surface area contributed by atoms with Gasteiger partial charge >= 0.3 is 0 Å². The summed E-state index contributed by atoms with van der Waals surface area (Å²) < 4.78 is 0. The van der Waals surface area contributed by atoms with E-state index < -0.39 is 0 Å². The van der Waals surface area contributed by atoms with Crippen LogP contribution in [0.15, 0.2) is 67.4 Å². The first-order valence-corrected chi connectivity index (χ1v) is 14.3. The summed E-state index contributed by atoms with van der Waals surface area (Å²) in [4.78, 5) is 17.1. The highest BCUT2D eigenvalue weighted by atomic mass is 15.1. The summed E-state index contributed by atoms with van der Waals surface area (Å²) in [5, 5.41) is 14.9. The van der Waals surface area contributed by atoms with Gasteiger partial charge in [-0.2, -0.15) is 5.10 Å². The minimum Gasteiger partial charge on any atom is -0.352 e. The number of rotatable bonds is 7. The molecule has 2 aliphatic rings. The molecule has 40 heavy (non-hydrogen) atoms. The number of hydrogen-bond donors (Lipinski definition) is 3. The van der Waals surface area contributed by atoms with Gasteiger partial charge in [-0.25, -0.2) is 0 Å². The smallest absolute Gasteiger partial charge is 0.116 e. The molecule has 0 aromatic carbocycles. The largest absolute Gasteiger partial charge is 0.352 e. The quantitative estimate of drug-likeness (QED) is 0.273. The molecule has 7 nitrogen and oxygen atoms in total. The number of aromatic nitrogens is 6. The van der Waals surface area contributed by atoms with E-state index >= 15 is 0 Å². The number of aromatic amines is 2. The molecule has 0 amide bonds. The molecule has 0 aliphatic heterocycles. The first kappa shape index (κ1) is 24.7. The van der Waals surface area contributed by atoms with Crippen molar-refractivity contribution in [2.75, 3.05) is 6.54 Å². The van der Waals surface area contributed by atoms with Crippen LogP contribution in [-0.4, -0.2) is 36.7 Å². The molecule has 7 rings (SSSR count). The second kappa shape index (κ2) is 11.0. The number of nitrogens with one attached hydrogen (secondary N) is 3. The average Bonchev–Trinajstić information content (AvgIpc) is 3.74. The molecule has 5 aromatic rings. The molecule has 5 heterocycles. The fourth-order valence-corrected chi connectivity index (χ4v) is 6.08. The molecule has 0 radical (unpaired) electrons. The third kappa shape index (κ3) is 5.00. The zero-order valence-corrected chi connectivity index (χ0v) is 22.5. The number of H-pyrrole nitrogens is 2. The monoisotopic (exact) mass is 527 g/mol. The summed E-state index contributed by atoms with van der Waals surface area (Å²) >= 11 is 0. The molecule has 5 aromatic heterocycles. The highest BCUT2D eigenvalue weighted by Gasteiger charge is 2.15. The third-order valence-corrected chi connectivity index (χ3v) is 8.19. The van der Waals surface area contributed by atoms with E-state index in [1.54, 1.807) is 0 Å². The van der Waals surface area contributed by atoms with Gasteiger partial charge in [0.05, 0.1) is 28.5 Å². The zero-order chi connectivity index (χ0) is 26.7. The van der Waals surface area contributed by atoms with Crippen molar-refractivity contribution in [3.8, 4) is 22.6 Å². The Labute approximate surface area is 233 Å². The lowest BCUT2D eigenvalue weighted by Gasteiger charge is -2.12. The Balaban J connectivity index is 1.16. The van der Waals surface area contributed by atoms with Gasteiger partial charge < -0.3 is 10.3 Å². The van der Waals surface area contributed by atoms with Crippen LogP contribution in [0, 0.1) is 5.92 Å². The van der Waals surface area contributed by atoms with Crippen LogP contribution in [-0.2, 0) is 6.54 Å². The van der Waals surface area contributed by atoms with Crippen LogP contribution in [0.2, 0.25) is 0 Å². The summed E-state index contributed by atoms with van der Waals surface area (Å²) in [6.45, 7) is 1.98. The Kier molecular flexibility index (Phi) is 6.80. The molecular formula is C33H33N7. The van der Waals surface area contributed by atoms with E-state index in [-0.39, 0.29) is 0 Å². The van der Waals surface area contributed by atoms with Gasteiger partial charge in [0, 0.05) is 47.5 Å². The van der Waals surface area contributed by atoms with Crippen molar-refractivity contribution in [2.45, 2.75) is 45.1 Å². The standard InChI is InChI=1S/C33H33N7/c1-2-7-22(6-1)16-34-17-23-14-25(19-35-18-23)24-8-5-9-26-30(12-11-24)39-40-33(26)31-15-27-28(20-36-21-32(27)38-31)29-10-3-4-13-37-29/h3-4,9-15,18-22,34,38-39H,1-2,5-8,16-17H2/b24-11+,26-9-,30-12+. The van der Waals surface area contributed by atoms with E-state index in [0.29, 0.717) is 0 Å². The van der Waals surface area contributed by atoms with E-state index in [0.717, 1.165) is 76.0 Å². The van der Waals surface area contributed by atoms with Crippen LogP contribution in [0.25, 0.3) is 51.3 Å². The van der Waals surface area contributed by atoms with Gasteiger partial charge in [-0.1, -0.05) is 31.1 Å². The van der Waals surface area contributed by atoms with Crippen LogP contribution in [0.4, 0.5) is 0 Å². The molecule has 0 atom stereocenters. The number of hydrogen-bond acceptors (Lipinski definition) is 5. The summed E-state index contributed by atoms with van der Waals surface area (Å²) in [6, 6.07) is 10.4. The molecule has 7 heteroatoms. The zero-order valence-electron chi connectivity index (χ0n) is 22.5. The number of allylic oxidation sites excluding steroid dienone is 2. The van der Waals surface area contributed by atoms with Gasteiger partial charge in [-0.3, -0.25) is 20.1 Å². The van der Waals surface area contributed by atoms with E-state index in [1.165, 1.54) is 42.4 Å². The van der Waals surface area contributed by atoms with Crippen LogP contribution >= 0.6 is 0 Å². The van der Waals surface area contributed by atoms with Crippen molar-refractivity contribution in [3.63, 3.8) is 0 Å². The summed E-state index contributed by atoms with van der Waals surface area (Å²) in [6.07, 6.45) is 23.5. The molecule has 1 fully saturated rings. The fraction of sp³-hybridized carbons (Fsp3) is 0.273. The lowest BCUT2D eigenvalue weighted by atomic mass is 9.99. The molecule has 0 spiro atoms. The molecule has 0 saturated heterocycles. The Bertz CT molecular complexity index is 1790. The molecule has 1 saturated carbocycles. The highest BCUT2D eigenvalue weighted by molar-refractivity contribution is 5.96. The van der Waals surface area contributed by atoms with Crippen molar-refractivity contribution in [1.82, 2.24) is 35.5 Å². The Hall–Kier alpha value is -4.36. The van der Waals surface area contributed by atoms with Gasteiger partial charge in [-0.05, 0) is 85.2 Å². The highest BCUT2D eigenvalue weighted by Crippen LogP contribution is 2.29. The maximum absolute atomic E-state index is 4.72. The molecule has 2 aliphatic carbocycles. The van der Waals surface area contributed by atoms with E-state index in [9.17, 15) is 0 Å². The van der Waals surface area contributed by atoms with Crippen LogP contribution in [0.3, 0.4) is 0 Å². The van der Waals surface area contributed by atoms with Gasteiger partial charge in [0.15, 0.2) is 0 Å². The number of pyridine rings is 3. The second-order valence-corrected chi connectivity index (χ2v) is 10.9. The van der Waals surface area contributed by atoms with Crippen LogP contribution in [0.5, 0.6) is 0 Å². The van der Waals surface area contributed by atoms with Gasteiger partial charge in [0.25, 0.3) is 0 Å². The summed E-state index contributed by atoms with van der Waals surface area (Å²) in [5.41, 5.74) is 8.49. The maximum atomic E-state index is 4.72. The predicted octanol–water partition coefficient (Wildman–Crippen LogP) is 5.13. The van der Waals surface area contributed by atoms with Gasteiger partial charge in [-0.15, -0.1) is 0 Å². The lowest BCUT2D eigenvalue weighted by molar-refractivity contribution is 0.489. The lowest BCUT2D eigenvalue weighted by Crippen LogP contribution is -2.24. The van der Waals surface area contributed by atoms with Gasteiger partial charge in [0.1, 0.15) is 5.69 Å². The molecule has 200 valence electrons. The van der Waals surface area contributed by atoms with E-state index in [2.05, 4.69) is 60.7 Å². The number of fused-ring (bicyclic) bond motifs is 2. The fourth-order valence-electron chi connectivity index (χ4n) is 6.08. The third-order valence-electron chi connectivity index (χ3n) is 8.19. The minimum atomic E-state index is 0.840. The summed E-state index contributed by atoms with van der Waals surface area (Å²) in [5.74, 6) is 0.840. The number of nitrogens with zero attached hydrogens (tertiary/aromatic N) is 4. The van der Waals surface area contributed by atoms with Crippen molar-refractivity contribution >= 4 is 28.6 Å². The predicted molar refractivity (Wildman–Crippen MR) is 160 cm³/mol. The van der Waals surface area contributed by atoms with Gasteiger partial charge in [0.2, 0.25) is 0 Å². The Morgan fingerprint density at radius 1 is 0.975 bits per heavy atom. The topological polar surface area (TPSA) is 95.2 Å². The van der Waals surface area contributed by atoms with Crippen molar-refractivity contribution in [2.24, 2.45) is 5.92 Å². The van der Waals surface area contributed by atoms with Crippen molar-refractivity contribution in [3.05, 3.63) is 89.1 Å². The van der Waals surface area contributed by atoms with Crippen molar-refractivity contribution in [1.29, 1.82) is 0 Å². The van der Waals surface area contributed by atoms with Crippen LogP contribution < -0.4 is 15.9 Å². The average molecular weight is 528 g/mol. The SMILES string of the molecule is C1=C(/c2cncc(CNCC3CCCC3)c2)CC\C=c2/c(-c3cc4c(-c5ccccn5)cncc4[nH]3)n[nH]/c2=C/1. The minimum absolute atomic E-state index is 0.840. The Morgan fingerprint density at radius 3 is 2.80 bits per heavy atom. The second-order valence-electron chi connectivity index (χ2n) is 10.9. The summed E-state index contributed by atoms with van der Waals surface area (Å²) in [7, 11) is 0. The molecular weight excluding hydrogens is 494 g/mol. The maximum Gasteiger partial charge on any atom is 0.116 e.